The number of rotatable bonds is 6. The normalized spacial score (nSPS) is 18.6. The Hall–Kier alpha value is -0.600. The lowest BCUT2D eigenvalue weighted by atomic mass is 9.70. The topological polar surface area (TPSA) is 43.1 Å². The average Bonchev–Trinajstić information content (AvgIpc) is 2.29. The van der Waals surface area contributed by atoms with Gasteiger partial charge in [0.1, 0.15) is 0 Å². The minimum atomic E-state index is -0.607. The predicted molar refractivity (Wildman–Crippen MR) is 66.1 cm³/mol. The Kier molecular flexibility index (Phi) is 5.23. The first-order valence-electron chi connectivity index (χ1n) is 6.82. The lowest BCUT2D eigenvalue weighted by Gasteiger charge is -2.35. The number of nitrogens with zero attached hydrogens (tertiary/aromatic N) is 1. The monoisotopic (exact) mass is 227 g/mol. The zero-order valence-electron chi connectivity index (χ0n) is 10.7. The highest BCUT2D eigenvalue weighted by atomic mass is 16.6. The largest absolute Gasteiger partial charge is 0.264 e. The van der Waals surface area contributed by atoms with Gasteiger partial charge in [-0.1, -0.05) is 33.1 Å². The summed E-state index contributed by atoms with van der Waals surface area (Å²) in [6.45, 7) is 4.13. The van der Waals surface area contributed by atoms with Gasteiger partial charge in [0.25, 0.3) is 0 Å². The summed E-state index contributed by atoms with van der Waals surface area (Å²) < 4.78 is 0. The molecule has 0 aromatic heterocycles. The molecule has 1 saturated carbocycles. The minimum absolute atomic E-state index is 0.0516. The lowest BCUT2D eigenvalue weighted by molar-refractivity contribution is -0.585. The standard InChI is InChI=1S/C13H25NO2/c1-3-10-13(11-4-2,14(15)16)12-8-6-5-7-9-12/h12H,3-11H2,1-2H3. The van der Waals surface area contributed by atoms with E-state index in [2.05, 4.69) is 13.8 Å². The summed E-state index contributed by atoms with van der Waals surface area (Å²) in [4.78, 5) is 11.6. The molecule has 0 atom stereocenters. The van der Waals surface area contributed by atoms with Crippen molar-refractivity contribution < 1.29 is 4.92 Å². The molecule has 0 saturated heterocycles. The third kappa shape index (κ3) is 2.74. The number of nitro groups is 1. The fourth-order valence-corrected chi connectivity index (χ4v) is 3.37. The van der Waals surface area contributed by atoms with Gasteiger partial charge in [-0.05, 0) is 25.7 Å². The summed E-state index contributed by atoms with van der Waals surface area (Å²) in [6, 6.07) is 0. The molecule has 16 heavy (non-hydrogen) atoms. The molecule has 1 aliphatic rings. The SMILES string of the molecule is CCCC(CCC)(C1CCCCC1)[N+](=O)[O-]. The summed E-state index contributed by atoms with van der Waals surface area (Å²) in [5.41, 5.74) is -0.607. The van der Waals surface area contributed by atoms with Crippen LogP contribution in [0.1, 0.15) is 71.6 Å². The van der Waals surface area contributed by atoms with Gasteiger partial charge in [0.05, 0.1) is 0 Å². The molecule has 0 aliphatic heterocycles. The third-order valence-corrected chi connectivity index (χ3v) is 4.09. The molecule has 1 rings (SSSR count). The van der Waals surface area contributed by atoms with Gasteiger partial charge in [-0.25, -0.2) is 0 Å². The molecule has 94 valence electrons. The summed E-state index contributed by atoms with van der Waals surface area (Å²) >= 11 is 0. The molecule has 0 spiro atoms. The molecular formula is C13H25NO2. The van der Waals surface area contributed by atoms with Gasteiger partial charge in [0.2, 0.25) is 5.54 Å². The molecule has 0 unspecified atom stereocenters. The zero-order chi connectivity index (χ0) is 12.0. The van der Waals surface area contributed by atoms with Crippen molar-refractivity contribution in [3.8, 4) is 0 Å². The predicted octanol–water partition coefficient (Wildman–Crippen LogP) is 4.18. The Balaban J connectivity index is 2.84. The average molecular weight is 227 g/mol. The van der Waals surface area contributed by atoms with Gasteiger partial charge in [-0.2, -0.15) is 0 Å². The van der Waals surface area contributed by atoms with E-state index < -0.39 is 5.54 Å². The molecule has 0 radical (unpaired) electrons. The molecule has 0 N–H and O–H groups in total. The number of hydrogen-bond acceptors (Lipinski definition) is 2. The molecule has 0 bridgehead atoms. The van der Waals surface area contributed by atoms with Crippen molar-refractivity contribution in [1.29, 1.82) is 0 Å². The quantitative estimate of drug-likeness (QED) is 0.504. The second kappa shape index (κ2) is 6.21. The molecule has 0 aromatic carbocycles. The summed E-state index contributed by atoms with van der Waals surface area (Å²) in [7, 11) is 0. The second-order valence-electron chi connectivity index (χ2n) is 5.20. The van der Waals surface area contributed by atoms with E-state index in [0.717, 1.165) is 38.5 Å². The minimum Gasteiger partial charge on any atom is -0.264 e. The van der Waals surface area contributed by atoms with Crippen LogP contribution in [0.15, 0.2) is 0 Å². The summed E-state index contributed by atoms with van der Waals surface area (Å²) in [5.74, 6) is 0.330. The third-order valence-electron chi connectivity index (χ3n) is 4.09. The van der Waals surface area contributed by atoms with Crippen LogP contribution in [0.2, 0.25) is 0 Å². The summed E-state index contributed by atoms with van der Waals surface area (Å²) in [5, 5.41) is 11.5. The van der Waals surface area contributed by atoms with Gasteiger partial charge in [0.15, 0.2) is 0 Å². The highest BCUT2D eigenvalue weighted by molar-refractivity contribution is 4.88. The Morgan fingerprint density at radius 2 is 1.62 bits per heavy atom. The van der Waals surface area contributed by atoms with Crippen LogP contribution in [0.3, 0.4) is 0 Å². The number of hydrogen-bond donors (Lipinski definition) is 0. The molecule has 1 aliphatic carbocycles. The van der Waals surface area contributed by atoms with Gasteiger partial charge < -0.3 is 0 Å². The smallest absolute Gasteiger partial charge is 0.225 e. The summed E-state index contributed by atoms with van der Waals surface area (Å²) in [6.07, 6.45) is 9.16. The molecule has 0 aromatic rings. The molecule has 3 heteroatoms. The second-order valence-corrected chi connectivity index (χ2v) is 5.20. The first-order valence-corrected chi connectivity index (χ1v) is 6.82. The Morgan fingerprint density at radius 1 is 1.12 bits per heavy atom. The van der Waals surface area contributed by atoms with Gasteiger partial charge in [0, 0.05) is 23.7 Å². The first kappa shape index (κ1) is 13.5. The van der Waals surface area contributed by atoms with Crippen LogP contribution in [-0.4, -0.2) is 10.5 Å². The van der Waals surface area contributed by atoms with Crippen molar-refractivity contribution in [3.63, 3.8) is 0 Å². The van der Waals surface area contributed by atoms with E-state index in [-0.39, 0.29) is 4.92 Å². The maximum absolute atomic E-state index is 11.5. The van der Waals surface area contributed by atoms with Crippen molar-refractivity contribution in [2.75, 3.05) is 0 Å². The van der Waals surface area contributed by atoms with Crippen molar-refractivity contribution in [1.82, 2.24) is 0 Å². The van der Waals surface area contributed by atoms with Gasteiger partial charge in [-0.3, -0.25) is 10.1 Å². The molecule has 0 amide bonds. The Morgan fingerprint density at radius 3 is 2.00 bits per heavy atom. The van der Waals surface area contributed by atoms with Gasteiger partial charge in [-0.15, -0.1) is 0 Å². The lowest BCUT2D eigenvalue weighted by Crippen LogP contribution is -2.46. The van der Waals surface area contributed by atoms with Crippen LogP contribution in [0.25, 0.3) is 0 Å². The maximum atomic E-state index is 11.5. The van der Waals surface area contributed by atoms with Gasteiger partial charge >= 0.3 is 0 Å². The van der Waals surface area contributed by atoms with E-state index in [9.17, 15) is 10.1 Å². The van der Waals surface area contributed by atoms with Crippen molar-refractivity contribution >= 4 is 0 Å². The van der Waals surface area contributed by atoms with Crippen LogP contribution >= 0.6 is 0 Å². The molecule has 0 heterocycles. The molecule has 1 fully saturated rings. The molecule has 3 nitrogen and oxygen atoms in total. The van der Waals surface area contributed by atoms with E-state index in [1.54, 1.807) is 0 Å². The molecular weight excluding hydrogens is 202 g/mol. The van der Waals surface area contributed by atoms with Crippen molar-refractivity contribution in [2.24, 2.45) is 5.92 Å². The Labute approximate surface area is 98.8 Å². The van der Waals surface area contributed by atoms with E-state index in [4.69, 9.17) is 0 Å². The Bertz CT molecular complexity index is 216. The van der Waals surface area contributed by atoms with Crippen molar-refractivity contribution in [3.05, 3.63) is 10.1 Å². The van der Waals surface area contributed by atoms with E-state index >= 15 is 0 Å². The zero-order valence-corrected chi connectivity index (χ0v) is 10.7. The highest BCUT2D eigenvalue weighted by Crippen LogP contribution is 2.40. The van der Waals surface area contributed by atoms with Crippen LogP contribution in [0.5, 0.6) is 0 Å². The van der Waals surface area contributed by atoms with Crippen LogP contribution in [0.4, 0.5) is 0 Å². The van der Waals surface area contributed by atoms with E-state index in [0.29, 0.717) is 5.92 Å². The fraction of sp³-hybridized carbons (Fsp3) is 1.00. The van der Waals surface area contributed by atoms with Crippen LogP contribution in [-0.2, 0) is 0 Å². The first-order chi connectivity index (χ1) is 7.67. The van der Waals surface area contributed by atoms with E-state index in [1.807, 2.05) is 0 Å². The fourth-order valence-electron chi connectivity index (χ4n) is 3.37. The highest BCUT2D eigenvalue weighted by Gasteiger charge is 2.48. The van der Waals surface area contributed by atoms with Crippen LogP contribution < -0.4 is 0 Å². The van der Waals surface area contributed by atoms with Crippen molar-refractivity contribution in [2.45, 2.75) is 77.2 Å². The van der Waals surface area contributed by atoms with Crippen LogP contribution in [0, 0.1) is 16.0 Å². The maximum Gasteiger partial charge on any atom is 0.225 e. The van der Waals surface area contributed by atoms with E-state index in [1.165, 1.54) is 19.3 Å².